The second-order valence-electron chi connectivity index (χ2n) is 5.21. The molecule has 0 atom stereocenters. The fraction of sp³-hybridized carbons (Fsp3) is 0.105. The minimum atomic E-state index is -0.518. The highest BCUT2D eigenvalue weighted by Crippen LogP contribution is 2.21. The maximum Gasteiger partial charge on any atom is 0.356 e. The van der Waals surface area contributed by atoms with Crippen LogP contribution in [0.2, 0.25) is 0 Å². The first-order chi connectivity index (χ1) is 12.6. The first-order valence-electron chi connectivity index (χ1n) is 7.71. The van der Waals surface area contributed by atoms with E-state index in [9.17, 15) is 9.59 Å². The number of hydrogen-bond donors (Lipinski definition) is 0. The van der Waals surface area contributed by atoms with E-state index in [4.69, 9.17) is 9.47 Å². The van der Waals surface area contributed by atoms with Gasteiger partial charge in [-0.1, -0.05) is 18.2 Å². The van der Waals surface area contributed by atoms with E-state index in [2.05, 4.69) is 15.0 Å². The summed E-state index contributed by atoms with van der Waals surface area (Å²) >= 11 is 0. The fourth-order valence-corrected chi connectivity index (χ4v) is 2.31. The molecule has 0 aliphatic heterocycles. The molecule has 0 spiro atoms. The van der Waals surface area contributed by atoms with Crippen LogP contribution in [0.1, 0.15) is 21.0 Å². The molecule has 0 aliphatic carbocycles. The Hall–Kier alpha value is -3.61. The van der Waals surface area contributed by atoms with Crippen molar-refractivity contribution in [1.82, 2.24) is 15.0 Å². The Balaban J connectivity index is 1.99. The Labute approximate surface area is 149 Å². The summed E-state index contributed by atoms with van der Waals surface area (Å²) in [5.74, 6) is -1.04. The summed E-state index contributed by atoms with van der Waals surface area (Å²) in [5, 5.41) is 0. The van der Waals surface area contributed by atoms with Gasteiger partial charge in [-0.15, -0.1) is 0 Å². The number of carbonyl (C=O) groups excluding carboxylic acids is 2. The maximum absolute atomic E-state index is 11.7. The zero-order valence-corrected chi connectivity index (χ0v) is 14.2. The number of ether oxygens (including phenoxy) is 2. The van der Waals surface area contributed by atoms with Crippen LogP contribution in [-0.2, 0) is 9.47 Å². The number of methoxy groups -OCH3 is 2. The van der Waals surface area contributed by atoms with Crippen molar-refractivity contribution in [3.05, 3.63) is 66.0 Å². The minimum Gasteiger partial charge on any atom is -0.464 e. The van der Waals surface area contributed by atoms with Crippen molar-refractivity contribution < 1.29 is 19.1 Å². The third kappa shape index (κ3) is 3.56. The van der Waals surface area contributed by atoms with Crippen molar-refractivity contribution in [2.75, 3.05) is 14.2 Å². The number of aromatic nitrogens is 3. The van der Waals surface area contributed by atoms with Gasteiger partial charge in [-0.05, 0) is 36.4 Å². The largest absolute Gasteiger partial charge is 0.464 e. The number of pyridine rings is 3. The molecule has 130 valence electrons. The van der Waals surface area contributed by atoms with Crippen molar-refractivity contribution in [1.29, 1.82) is 0 Å². The zero-order valence-electron chi connectivity index (χ0n) is 14.2. The van der Waals surface area contributed by atoms with Gasteiger partial charge >= 0.3 is 11.9 Å². The molecule has 3 heterocycles. The minimum absolute atomic E-state index is 0.197. The van der Waals surface area contributed by atoms with E-state index in [1.807, 2.05) is 0 Å². The first-order valence-corrected chi connectivity index (χ1v) is 7.71. The highest BCUT2D eigenvalue weighted by Gasteiger charge is 2.12. The SMILES string of the molecule is COC(=O)c1cccc(-c2cccc(-c3cccc(C(=O)OC)n3)n2)n1. The van der Waals surface area contributed by atoms with E-state index < -0.39 is 11.9 Å². The normalized spacial score (nSPS) is 10.2. The van der Waals surface area contributed by atoms with E-state index in [0.29, 0.717) is 22.8 Å². The van der Waals surface area contributed by atoms with E-state index in [1.54, 1.807) is 54.6 Å². The summed E-state index contributed by atoms with van der Waals surface area (Å²) in [6, 6.07) is 15.4. The molecule has 3 aromatic heterocycles. The summed E-state index contributed by atoms with van der Waals surface area (Å²) in [7, 11) is 2.60. The van der Waals surface area contributed by atoms with Crippen LogP contribution in [0, 0.1) is 0 Å². The predicted molar refractivity (Wildman–Crippen MR) is 93.4 cm³/mol. The van der Waals surface area contributed by atoms with Gasteiger partial charge in [0, 0.05) is 0 Å². The molecule has 3 aromatic rings. The van der Waals surface area contributed by atoms with Crippen LogP contribution in [0.5, 0.6) is 0 Å². The Bertz CT molecular complexity index is 898. The van der Waals surface area contributed by atoms with Gasteiger partial charge in [0.15, 0.2) is 0 Å². The summed E-state index contributed by atoms with van der Waals surface area (Å²) < 4.78 is 9.38. The third-order valence-electron chi connectivity index (χ3n) is 3.56. The van der Waals surface area contributed by atoms with E-state index in [0.717, 1.165) is 0 Å². The van der Waals surface area contributed by atoms with Crippen LogP contribution >= 0.6 is 0 Å². The van der Waals surface area contributed by atoms with E-state index in [1.165, 1.54) is 14.2 Å². The molecule has 3 rings (SSSR count). The Morgan fingerprint density at radius 1 is 0.615 bits per heavy atom. The Morgan fingerprint density at radius 2 is 0.962 bits per heavy atom. The number of rotatable bonds is 4. The monoisotopic (exact) mass is 349 g/mol. The van der Waals surface area contributed by atoms with Crippen LogP contribution < -0.4 is 0 Å². The summed E-state index contributed by atoms with van der Waals surface area (Å²) in [6.45, 7) is 0. The van der Waals surface area contributed by atoms with Gasteiger partial charge in [-0.3, -0.25) is 0 Å². The molecule has 0 unspecified atom stereocenters. The smallest absolute Gasteiger partial charge is 0.356 e. The molecule has 0 N–H and O–H groups in total. The third-order valence-corrected chi connectivity index (χ3v) is 3.56. The van der Waals surface area contributed by atoms with Crippen molar-refractivity contribution in [2.24, 2.45) is 0 Å². The second-order valence-corrected chi connectivity index (χ2v) is 5.21. The second kappa shape index (κ2) is 7.52. The summed E-state index contributed by atoms with van der Waals surface area (Å²) in [6.07, 6.45) is 0. The lowest BCUT2D eigenvalue weighted by molar-refractivity contribution is 0.0585. The van der Waals surface area contributed by atoms with Crippen LogP contribution in [0.25, 0.3) is 22.8 Å². The van der Waals surface area contributed by atoms with E-state index >= 15 is 0 Å². The molecule has 26 heavy (non-hydrogen) atoms. The Kier molecular flexibility index (Phi) is 4.98. The van der Waals surface area contributed by atoms with Gasteiger partial charge in [0.05, 0.1) is 37.0 Å². The van der Waals surface area contributed by atoms with Gasteiger partial charge in [0.2, 0.25) is 0 Å². The van der Waals surface area contributed by atoms with Crippen molar-refractivity contribution in [3.8, 4) is 22.8 Å². The van der Waals surface area contributed by atoms with Crippen LogP contribution in [0.15, 0.2) is 54.6 Å². The molecular weight excluding hydrogens is 334 g/mol. The zero-order chi connectivity index (χ0) is 18.5. The molecule has 7 nitrogen and oxygen atoms in total. The molecule has 0 aliphatic rings. The van der Waals surface area contributed by atoms with Crippen molar-refractivity contribution in [2.45, 2.75) is 0 Å². The number of nitrogens with zero attached hydrogens (tertiary/aromatic N) is 3. The fourth-order valence-electron chi connectivity index (χ4n) is 2.31. The lowest BCUT2D eigenvalue weighted by Gasteiger charge is -2.06. The molecule has 0 fully saturated rings. The molecule has 0 amide bonds. The molecule has 0 aromatic carbocycles. The summed E-state index contributed by atoms with van der Waals surface area (Å²) in [5.41, 5.74) is 2.58. The van der Waals surface area contributed by atoms with Gasteiger partial charge in [0.1, 0.15) is 11.4 Å². The average molecular weight is 349 g/mol. The topological polar surface area (TPSA) is 91.3 Å². The maximum atomic E-state index is 11.7. The average Bonchev–Trinajstić information content (AvgIpc) is 2.72. The summed E-state index contributed by atoms with van der Waals surface area (Å²) in [4.78, 5) is 36.4. The first kappa shape index (κ1) is 17.2. The standard InChI is InChI=1S/C19H15N3O4/c1-25-18(23)16-10-4-8-14(21-16)12-6-3-7-13(20-12)15-9-5-11-17(22-15)19(24)26-2/h3-11H,1-2H3. The number of hydrogen-bond acceptors (Lipinski definition) is 7. The van der Waals surface area contributed by atoms with Gasteiger partial charge in [-0.2, -0.15) is 0 Å². The van der Waals surface area contributed by atoms with Gasteiger partial charge in [-0.25, -0.2) is 24.5 Å². The molecule has 0 bridgehead atoms. The Morgan fingerprint density at radius 3 is 1.35 bits per heavy atom. The molecular formula is C19H15N3O4. The number of carbonyl (C=O) groups is 2. The van der Waals surface area contributed by atoms with Gasteiger partial charge < -0.3 is 9.47 Å². The quantitative estimate of drug-likeness (QED) is 0.669. The van der Waals surface area contributed by atoms with Crippen LogP contribution in [-0.4, -0.2) is 41.1 Å². The molecule has 0 saturated heterocycles. The van der Waals surface area contributed by atoms with Crippen LogP contribution in [0.4, 0.5) is 0 Å². The lowest BCUT2D eigenvalue weighted by atomic mass is 10.2. The van der Waals surface area contributed by atoms with E-state index in [-0.39, 0.29) is 11.4 Å². The highest BCUT2D eigenvalue weighted by atomic mass is 16.5. The number of esters is 2. The molecule has 0 saturated carbocycles. The predicted octanol–water partition coefficient (Wildman–Crippen LogP) is 2.78. The van der Waals surface area contributed by atoms with Crippen molar-refractivity contribution in [3.63, 3.8) is 0 Å². The molecule has 0 radical (unpaired) electrons. The van der Waals surface area contributed by atoms with Gasteiger partial charge in [0.25, 0.3) is 0 Å². The highest BCUT2D eigenvalue weighted by molar-refractivity contribution is 5.88. The van der Waals surface area contributed by atoms with Crippen LogP contribution in [0.3, 0.4) is 0 Å². The van der Waals surface area contributed by atoms with Crippen molar-refractivity contribution >= 4 is 11.9 Å². The lowest BCUT2D eigenvalue weighted by Crippen LogP contribution is -2.05. The molecule has 7 heteroatoms.